The van der Waals surface area contributed by atoms with E-state index in [1.165, 1.54) is 5.56 Å². The molecule has 186 valence electrons. The Morgan fingerprint density at radius 1 is 0.943 bits per heavy atom. The van der Waals surface area contributed by atoms with Gasteiger partial charge in [0.2, 0.25) is 11.8 Å². The van der Waals surface area contributed by atoms with Gasteiger partial charge in [0.25, 0.3) is 5.91 Å². The standard InChI is InChI=1S/C28H36N4O3/c1-28(2,3)23-11-9-21(10-12-23)27(35)31-17-15-30(16-18-31)14-13-29-26(34)22-19-25(33)32(20-22)24-7-5-4-6-8-24/h4-12,22H,13-20H2,1-3H3,(H,29,34). The van der Waals surface area contributed by atoms with Crippen LogP contribution in [-0.2, 0) is 15.0 Å². The SMILES string of the molecule is CC(C)(C)c1ccc(C(=O)N2CCN(CCNC(=O)C3CC(=O)N(c4ccccc4)C3)CC2)cc1. The molecular formula is C28H36N4O3. The fourth-order valence-electron chi connectivity index (χ4n) is 4.69. The molecule has 3 amide bonds. The first kappa shape index (κ1) is 24.9. The number of nitrogens with one attached hydrogen (secondary N) is 1. The third kappa shape index (κ3) is 6.09. The molecule has 1 unspecified atom stereocenters. The van der Waals surface area contributed by atoms with Gasteiger partial charge in [-0.1, -0.05) is 51.1 Å². The fourth-order valence-corrected chi connectivity index (χ4v) is 4.69. The van der Waals surface area contributed by atoms with Gasteiger partial charge in [-0.3, -0.25) is 19.3 Å². The van der Waals surface area contributed by atoms with Crippen molar-refractivity contribution >= 4 is 23.4 Å². The number of carbonyl (C=O) groups excluding carboxylic acids is 3. The maximum absolute atomic E-state index is 12.9. The molecule has 0 aliphatic carbocycles. The Labute approximate surface area is 208 Å². The highest BCUT2D eigenvalue weighted by atomic mass is 16.2. The molecule has 0 radical (unpaired) electrons. The van der Waals surface area contributed by atoms with Crippen LogP contribution in [0.4, 0.5) is 5.69 Å². The molecule has 2 aromatic carbocycles. The lowest BCUT2D eigenvalue weighted by Crippen LogP contribution is -2.50. The Hall–Kier alpha value is -3.19. The third-order valence-corrected chi connectivity index (χ3v) is 6.95. The summed E-state index contributed by atoms with van der Waals surface area (Å²) in [5.74, 6) is -0.316. The molecule has 7 heteroatoms. The zero-order valence-corrected chi connectivity index (χ0v) is 21.0. The molecule has 0 aromatic heterocycles. The first-order valence-electron chi connectivity index (χ1n) is 12.5. The van der Waals surface area contributed by atoms with Crippen LogP contribution in [0.1, 0.15) is 43.1 Å². The summed E-state index contributed by atoms with van der Waals surface area (Å²) in [6.45, 7) is 11.1. The molecule has 2 aliphatic rings. The molecule has 4 rings (SSSR count). The quantitative estimate of drug-likeness (QED) is 0.696. The molecular weight excluding hydrogens is 440 g/mol. The van der Waals surface area contributed by atoms with Gasteiger partial charge < -0.3 is 15.1 Å². The average Bonchev–Trinajstić information content (AvgIpc) is 3.26. The number of piperazine rings is 1. The number of carbonyl (C=O) groups is 3. The Morgan fingerprint density at radius 2 is 1.60 bits per heavy atom. The molecule has 2 aliphatic heterocycles. The van der Waals surface area contributed by atoms with E-state index in [2.05, 4.69) is 31.0 Å². The Kier molecular flexibility index (Phi) is 7.55. The van der Waals surface area contributed by atoms with E-state index in [0.717, 1.165) is 30.9 Å². The van der Waals surface area contributed by atoms with E-state index in [1.54, 1.807) is 4.90 Å². The maximum atomic E-state index is 12.9. The van der Waals surface area contributed by atoms with E-state index in [0.29, 0.717) is 26.2 Å². The van der Waals surface area contributed by atoms with E-state index < -0.39 is 0 Å². The summed E-state index contributed by atoms with van der Waals surface area (Å²) < 4.78 is 0. The van der Waals surface area contributed by atoms with Crippen molar-refractivity contribution in [3.8, 4) is 0 Å². The largest absolute Gasteiger partial charge is 0.355 e. The lowest BCUT2D eigenvalue weighted by atomic mass is 9.86. The van der Waals surface area contributed by atoms with Gasteiger partial charge in [-0.2, -0.15) is 0 Å². The second-order valence-corrected chi connectivity index (χ2v) is 10.5. The van der Waals surface area contributed by atoms with Crippen LogP contribution in [0.3, 0.4) is 0 Å². The highest BCUT2D eigenvalue weighted by Crippen LogP contribution is 2.25. The molecule has 1 N–H and O–H groups in total. The van der Waals surface area contributed by atoms with Crippen LogP contribution in [-0.4, -0.2) is 73.3 Å². The number of benzene rings is 2. The molecule has 0 spiro atoms. The number of para-hydroxylation sites is 1. The first-order valence-corrected chi connectivity index (χ1v) is 12.5. The summed E-state index contributed by atoms with van der Waals surface area (Å²) in [4.78, 5) is 43.8. The van der Waals surface area contributed by atoms with Crippen molar-refractivity contribution in [2.24, 2.45) is 5.92 Å². The molecule has 2 saturated heterocycles. The highest BCUT2D eigenvalue weighted by Gasteiger charge is 2.35. The molecule has 7 nitrogen and oxygen atoms in total. The molecule has 2 aromatic rings. The predicted octanol–water partition coefficient (Wildman–Crippen LogP) is 2.91. The van der Waals surface area contributed by atoms with Crippen LogP contribution in [0.2, 0.25) is 0 Å². The van der Waals surface area contributed by atoms with Crippen LogP contribution in [0, 0.1) is 5.92 Å². The van der Waals surface area contributed by atoms with E-state index in [4.69, 9.17) is 0 Å². The number of rotatable bonds is 6. The molecule has 2 fully saturated rings. The minimum absolute atomic E-state index is 0.00909. The molecule has 2 heterocycles. The molecule has 1 atom stereocenters. The van der Waals surface area contributed by atoms with Gasteiger partial charge in [0.1, 0.15) is 0 Å². The van der Waals surface area contributed by atoms with Gasteiger partial charge >= 0.3 is 0 Å². The van der Waals surface area contributed by atoms with Gasteiger partial charge in [0, 0.05) is 63.5 Å². The zero-order valence-electron chi connectivity index (χ0n) is 21.0. The van der Waals surface area contributed by atoms with Crippen LogP contribution in [0.15, 0.2) is 54.6 Å². The van der Waals surface area contributed by atoms with Crippen molar-refractivity contribution in [2.45, 2.75) is 32.6 Å². The number of hydrogen-bond acceptors (Lipinski definition) is 4. The van der Waals surface area contributed by atoms with Gasteiger partial charge in [-0.05, 0) is 35.2 Å². The topological polar surface area (TPSA) is 73.0 Å². The summed E-state index contributed by atoms with van der Waals surface area (Å²) in [5.41, 5.74) is 2.85. The Morgan fingerprint density at radius 3 is 2.23 bits per heavy atom. The van der Waals surface area contributed by atoms with E-state index >= 15 is 0 Å². The predicted molar refractivity (Wildman–Crippen MR) is 137 cm³/mol. The van der Waals surface area contributed by atoms with Gasteiger partial charge in [-0.25, -0.2) is 0 Å². The van der Waals surface area contributed by atoms with Crippen LogP contribution < -0.4 is 10.2 Å². The number of hydrogen-bond donors (Lipinski definition) is 1. The van der Waals surface area contributed by atoms with Gasteiger partial charge in [0.15, 0.2) is 0 Å². The van der Waals surface area contributed by atoms with Crippen molar-refractivity contribution in [3.05, 3.63) is 65.7 Å². The number of amides is 3. The minimum atomic E-state index is -0.318. The highest BCUT2D eigenvalue weighted by molar-refractivity contribution is 6.00. The summed E-state index contributed by atoms with van der Waals surface area (Å²) in [5, 5.41) is 3.00. The van der Waals surface area contributed by atoms with E-state index in [-0.39, 0.29) is 35.5 Å². The van der Waals surface area contributed by atoms with Crippen molar-refractivity contribution in [1.82, 2.24) is 15.1 Å². The van der Waals surface area contributed by atoms with E-state index in [9.17, 15) is 14.4 Å². The molecule has 0 bridgehead atoms. The van der Waals surface area contributed by atoms with Crippen LogP contribution >= 0.6 is 0 Å². The smallest absolute Gasteiger partial charge is 0.253 e. The number of anilines is 1. The van der Waals surface area contributed by atoms with Crippen LogP contribution in [0.25, 0.3) is 0 Å². The van der Waals surface area contributed by atoms with Gasteiger partial charge in [0.05, 0.1) is 5.92 Å². The second kappa shape index (κ2) is 10.6. The third-order valence-electron chi connectivity index (χ3n) is 6.95. The Balaban J connectivity index is 1.18. The second-order valence-electron chi connectivity index (χ2n) is 10.5. The van der Waals surface area contributed by atoms with Crippen molar-refractivity contribution in [2.75, 3.05) is 50.7 Å². The van der Waals surface area contributed by atoms with Crippen molar-refractivity contribution in [3.63, 3.8) is 0 Å². The normalized spacial score (nSPS) is 19.2. The van der Waals surface area contributed by atoms with E-state index in [1.807, 2.05) is 59.5 Å². The van der Waals surface area contributed by atoms with Crippen LogP contribution in [0.5, 0.6) is 0 Å². The summed E-state index contributed by atoms with van der Waals surface area (Å²) in [7, 11) is 0. The summed E-state index contributed by atoms with van der Waals surface area (Å²) in [6.07, 6.45) is 0.248. The zero-order chi connectivity index (χ0) is 25.0. The fraction of sp³-hybridized carbons (Fsp3) is 0.464. The molecule has 0 saturated carbocycles. The van der Waals surface area contributed by atoms with Crippen molar-refractivity contribution < 1.29 is 14.4 Å². The number of nitrogens with zero attached hydrogens (tertiary/aromatic N) is 3. The minimum Gasteiger partial charge on any atom is -0.355 e. The monoisotopic (exact) mass is 476 g/mol. The average molecular weight is 477 g/mol. The van der Waals surface area contributed by atoms with Gasteiger partial charge in [-0.15, -0.1) is 0 Å². The molecule has 35 heavy (non-hydrogen) atoms. The lowest BCUT2D eigenvalue weighted by Gasteiger charge is -2.35. The Bertz CT molecular complexity index is 1040. The van der Waals surface area contributed by atoms with Crippen molar-refractivity contribution in [1.29, 1.82) is 0 Å². The first-order chi connectivity index (χ1) is 16.7. The maximum Gasteiger partial charge on any atom is 0.253 e. The lowest BCUT2D eigenvalue weighted by molar-refractivity contribution is -0.126. The summed E-state index contributed by atoms with van der Waals surface area (Å²) >= 11 is 0. The summed E-state index contributed by atoms with van der Waals surface area (Å²) in [6, 6.07) is 17.4.